The normalized spacial score (nSPS) is 15.2. The molecule has 0 bridgehead atoms. The van der Waals surface area contributed by atoms with Gasteiger partial charge in [-0.25, -0.2) is 18.7 Å². The summed E-state index contributed by atoms with van der Waals surface area (Å²) in [6, 6.07) is 5.54. The number of hydrogen-bond acceptors (Lipinski definition) is 2. The smallest absolute Gasteiger partial charge is 0.244 e. The second-order valence-electron chi connectivity index (χ2n) is 6.03. The lowest BCUT2D eigenvalue weighted by Crippen LogP contribution is -2.14. The Labute approximate surface area is 134 Å². The molecular weight excluding hydrogens is 294 g/mol. The molecule has 0 unspecified atom stereocenters. The Hall–Kier alpha value is -2.36. The zero-order chi connectivity index (χ0) is 16.4. The van der Waals surface area contributed by atoms with Crippen molar-refractivity contribution < 1.29 is 8.78 Å². The molecule has 23 heavy (non-hydrogen) atoms. The van der Waals surface area contributed by atoms with E-state index >= 15 is 0 Å². The summed E-state index contributed by atoms with van der Waals surface area (Å²) >= 11 is 0. The summed E-state index contributed by atoms with van der Waals surface area (Å²) in [5.41, 5.74) is 5.20. The van der Waals surface area contributed by atoms with E-state index in [0.29, 0.717) is 0 Å². The number of hydrogen-bond donors (Lipinski definition) is 0. The highest BCUT2D eigenvalue weighted by Gasteiger charge is 2.37. The molecule has 0 N–H and O–H groups in total. The minimum absolute atomic E-state index is 0.153. The van der Waals surface area contributed by atoms with E-state index in [4.69, 9.17) is 0 Å². The van der Waals surface area contributed by atoms with Crippen molar-refractivity contribution in [3.63, 3.8) is 0 Å². The van der Waals surface area contributed by atoms with Crippen LogP contribution in [0.2, 0.25) is 0 Å². The summed E-state index contributed by atoms with van der Waals surface area (Å²) in [5.74, 6) is -2.61. The number of rotatable bonds is 5. The minimum atomic E-state index is -2.61. The monoisotopic (exact) mass is 312 g/mol. The summed E-state index contributed by atoms with van der Waals surface area (Å²) < 4.78 is 26.9. The van der Waals surface area contributed by atoms with E-state index < -0.39 is 5.92 Å². The van der Waals surface area contributed by atoms with E-state index in [-0.39, 0.29) is 12.8 Å². The van der Waals surface area contributed by atoms with Gasteiger partial charge in [0.2, 0.25) is 0 Å². The number of fused-ring (bicyclic) bond motifs is 1. The fourth-order valence-electron chi connectivity index (χ4n) is 2.87. The lowest BCUT2D eigenvalue weighted by molar-refractivity contribution is 0.0130. The molecule has 0 atom stereocenters. The van der Waals surface area contributed by atoms with Gasteiger partial charge in [-0.3, -0.25) is 0 Å². The van der Waals surface area contributed by atoms with Gasteiger partial charge in [-0.05, 0) is 40.7 Å². The molecule has 1 aromatic heterocycles. The lowest BCUT2D eigenvalue weighted by Gasteiger charge is -2.10. The highest BCUT2D eigenvalue weighted by molar-refractivity contribution is 5.69. The van der Waals surface area contributed by atoms with Crippen LogP contribution in [0.1, 0.15) is 35.1 Å². The molecule has 2 nitrogen and oxygen atoms in total. The van der Waals surface area contributed by atoms with Crippen LogP contribution in [-0.4, -0.2) is 15.9 Å². The van der Waals surface area contributed by atoms with Crippen molar-refractivity contribution in [2.45, 2.75) is 31.6 Å². The van der Waals surface area contributed by atoms with Crippen LogP contribution in [0.25, 0.3) is 11.1 Å². The van der Waals surface area contributed by atoms with Gasteiger partial charge in [-0.15, -0.1) is 0 Å². The SMILES string of the molecule is C=C(CCC(=C)c1ccc2c(c1)CC(F)(F)C2)c1cncnc1. The number of nitrogens with zero attached hydrogens (tertiary/aromatic N) is 2. The molecular formula is C19H18F2N2. The summed E-state index contributed by atoms with van der Waals surface area (Å²) in [4.78, 5) is 7.96. The summed E-state index contributed by atoms with van der Waals surface area (Å²) in [5, 5.41) is 0. The van der Waals surface area contributed by atoms with Gasteiger partial charge in [0.05, 0.1) is 0 Å². The maximum atomic E-state index is 13.5. The van der Waals surface area contributed by atoms with Gasteiger partial charge >= 0.3 is 0 Å². The molecule has 0 fully saturated rings. The number of aromatic nitrogens is 2. The Morgan fingerprint density at radius 1 is 0.957 bits per heavy atom. The number of allylic oxidation sites excluding steroid dienone is 2. The largest absolute Gasteiger partial charge is 0.256 e. The highest BCUT2D eigenvalue weighted by Crippen LogP contribution is 2.36. The van der Waals surface area contributed by atoms with Crippen molar-refractivity contribution in [1.82, 2.24) is 9.97 Å². The van der Waals surface area contributed by atoms with Crippen molar-refractivity contribution in [3.05, 3.63) is 72.3 Å². The predicted octanol–water partition coefficient (Wildman–Crippen LogP) is 4.72. The Kier molecular flexibility index (Phi) is 4.07. The average molecular weight is 312 g/mol. The molecule has 0 saturated carbocycles. The zero-order valence-corrected chi connectivity index (χ0v) is 12.9. The molecule has 0 amide bonds. The second-order valence-corrected chi connectivity index (χ2v) is 6.03. The summed E-state index contributed by atoms with van der Waals surface area (Å²) in [7, 11) is 0. The lowest BCUT2D eigenvalue weighted by atomic mass is 9.96. The standard InChI is InChI=1S/C19H18F2N2/c1-13(3-4-14(2)18-10-22-12-23-11-18)15-5-6-16-8-19(20,21)9-17(16)7-15/h5-7,10-12H,1-4,8-9H2. The van der Waals surface area contributed by atoms with Crippen molar-refractivity contribution in [3.8, 4) is 0 Å². The molecule has 1 aromatic carbocycles. The number of alkyl halides is 2. The molecule has 0 radical (unpaired) electrons. The molecule has 1 aliphatic rings. The molecule has 0 spiro atoms. The second kappa shape index (κ2) is 6.03. The molecule has 2 aromatic rings. The van der Waals surface area contributed by atoms with Gasteiger partial charge in [0.15, 0.2) is 0 Å². The van der Waals surface area contributed by atoms with E-state index in [2.05, 4.69) is 23.1 Å². The fourth-order valence-corrected chi connectivity index (χ4v) is 2.87. The molecule has 0 aliphatic heterocycles. The minimum Gasteiger partial charge on any atom is -0.244 e. The van der Waals surface area contributed by atoms with E-state index in [9.17, 15) is 8.78 Å². The Bertz CT molecular complexity index is 751. The van der Waals surface area contributed by atoms with Gasteiger partial charge in [0.1, 0.15) is 6.33 Å². The first kappa shape index (κ1) is 15.5. The number of halogens is 2. The van der Waals surface area contributed by atoms with E-state index in [1.165, 1.54) is 6.33 Å². The topological polar surface area (TPSA) is 25.8 Å². The average Bonchev–Trinajstić information content (AvgIpc) is 2.85. The molecule has 118 valence electrons. The molecule has 3 rings (SSSR count). The first-order valence-electron chi connectivity index (χ1n) is 7.55. The number of benzene rings is 1. The van der Waals surface area contributed by atoms with Crippen LogP contribution >= 0.6 is 0 Å². The van der Waals surface area contributed by atoms with Crippen LogP contribution in [-0.2, 0) is 12.8 Å². The van der Waals surface area contributed by atoms with Crippen molar-refractivity contribution >= 4 is 11.1 Å². The molecule has 1 heterocycles. The third-order valence-corrected chi connectivity index (χ3v) is 4.21. The van der Waals surface area contributed by atoms with Gasteiger partial charge < -0.3 is 0 Å². The quantitative estimate of drug-likeness (QED) is 0.798. The van der Waals surface area contributed by atoms with Crippen LogP contribution in [0.4, 0.5) is 8.78 Å². The van der Waals surface area contributed by atoms with Crippen molar-refractivity contribution in [2.24, 2.45) is 0 Å². The predicted molar refractivity (Wildman–Crippen MR) is 88.1 cm³/mol. The van der Waals surface area contributed by atoms with Crippen molar-refractivity contribution in [1.29, 1.82) is 0 Å². The van der Waals surface area contributed by atoms with Gasteiger partial charge in [-0.1, -0.05) is 31.4 Å². The van der Waals surface area contributed by atoms with Crippen LogP contribution < -0.4 is 0 Å². The van der Waals surface area contributed by atoms with Crippen LogP contribution in [0, 0.1) is 0 Å². The van der Waals surface area contributed by atoms with Gasteiger partial charge in [0, 0.05) is 30.8 Å². The van der Waals surface area contributed by atoms with E-state index in [1.807, 2.05) is 12.1 Å². The summed E-state index contributed by atoms with van der Waals surface area (Å²) in [6.07, 6.45) is 6.08. The first-order chi connectivity index (χ1) is 10.9. The third-order valence-electron chi connectivity index (χ3n) is 4.21. The third kappa shape index (κ3) is 3.52. The van der Waals surface area contributed by atoms with Gasteiger partial charge in [-0.2, -0.15) is 0 Å². The first-order valence-corrected chi connectivity index (χ1v) is 7.55. The van der Waals surface area contributed by atoms with E-state index in [1.54, 1.807) is 18.5 Å². The maximum absolute atomic E-state index is 13.5. The molecule has 0 saturated heterocycles. The summed E-state index contributed by atoms with van der Waals surface area (Å²) in [6.45, 7) is 8.14. The van der Waals surface area contributed by atoms with Crippen LogP contribution in [0.3, 0.4) is 0 Å². The van der Waals surface area contributed by atoms with Crippen molar-refractivity contribution in [2.75, 3.05) is 0 Å². The fraction of sp³-hybridized carbons (Fsp3) is 0.263. The zero-order valence-electron chi connectivity index (χ0n) is 12.9. The van der Waals surface area contributed by atoms with E-state index in [0.717, 1.165) is 46.2 Å². The molecule has 4 heteroatoms. The van der Waals surface area contributed by atoms with Gasteiger partial charge in [0.25, 0.3) is 5.92 Å². The highest BCUT2D eigenvalue weighted by atomic mass is 19.3. The Morgan fingerprint density at radius 3 is 2.26 bits per heavy atom. The maximum Gasteiger partial charge on any atom is 0.256 e. The Morgan fingerprint density at radius 2 is 1.57 bits per heavy atom. The molecule has 1 aliphatic carbocycles. The Balaban J connectivity index is 1.65. The van der Waals surface area contributed by atoms with Crippen LogP contribution in [0.5, 0.6) is 0 Å². The van der Waals surface area contributed by atoms with Crippen LogP contribution in [0.15, 0.2) is 50.1 Å².